The summed E-state index contributed by atoms with van der Waals surface area (Å²) in [5.41, 5.74) is 1.61. The topological polar surface area (TPSA) is 30.0 Å². The number of pyridine rings is 1. The first kappa shape index (κ1) is 11.5. The molecular formula is C8H10ClNOS. The van der Waals surface area contributed by atoms with Crippen LogP contribution in [0, 0.1) is 0 Å². The van der Waals surface area contributed by atoms with Gasteiger partial charge in [-0.05, 0) is 18.1 Å². The van der Waals surface area contributed by atoms with Gasteiger partial charge in [-0.1, -0.05) is 6.92 Å². The Kier molecular flexibility index (Phi) is 4.93. The molecule has 0 bridgehead atoms. The second kappa shape index (κ2) is 5.17. The van der Waals surface area contributed by atoms with Crippen LogP contribution in [0.4, 0.5) is 0 Å². The number of hydrogen-bond donors (Lipinski definition) is 1. The predicted molar refractivity (Wildman–Crippen MR) is 54.2 cm³/mol. The first-order valence-electron chi connectivity index (χ1n) is 3.42. The van der Waals surface area contributed by atoms with E-state index in [1.807, 2.05) is 13.0 Å². The number of halogens is 1. The van der Waals surface area contributed by atoms with Crippen LogP contribution in [0.1, 0.15) is 22.8 Å². The van der Waals surface area contributed by atoms with Crippen molar-refractivity contribution in [2.75, 3.05) is 0 Å². The van der Waals surface area contributed by atoms with Crippen molar-refractivity contribution in [3.05, 3.63) is 29.6 Å². The third kappa shape index (κ3) is 2.50. The van der Waals surface area contributed by atoms with Gasteiger partial charge < -0.3 is 0 Å². The summed E-state index contributed by atoms with van der Waals surface area (Å²) in [5.74, 6) is 0. The van der Waals surface area contributed by atoms with Crippen molar-refractivity contribution in [1.82, 2.24) is 4.98 Å². The van der Waals surface area contributed by atoms with E-state index in [4.69, 9.17) is 0 Å². The van der Waals surface area contributed by atoms with E-state index in [9.17, 15) is 4.79 Å². The molecule has 0 N–H and O–H groups in total. The smallest absolute Gasteiger partial charge is 0.218 e. The van der Waals surface area contributed by atoms with Crippen LogP contribution in [0.2, 0.25) is 0 Å². The van der Waals surface area contributed by atoms with E-state index in [0.29, 0.717) is 5.56 Å². The van der Waals surface area contributed by atoms with E-state index in [1.54, 1.807) is 12.4 Å². The molecule has 0 aliphatic carbocycles. The Bertz CT molecular complexity index is 278. The fraction of sp³-hybridized carbons (Fsp3) is 0.250. The van der Waals surface area contributed by atoms with Gasteiger partial charge in [0.2, 0.25) is 5.12 Å². The highest BCUT2D eigenvalue weighted by atomic mass is 35.5. The molecule has 4 heteroatoms. The van der Waals surface area contributed by atoms with Crippen molar-refractivity contribution in [3.8, 4) is 0 Å². The molecule has 0 unspecified atom stereocenters. The zero-order valence-corrected chi connectivity index (χ0v) is 8.36. The molecule has 2 nitrogen and oxygen atoms in total. The van der Waals surface area contributed by atoms with E-state index in [1.165, 1.54) is 0 Å². The predicted octanol–water partition coefficient (Wildman–Crippen LogP) is 2.14. The molecule has 12 heavy (non-hydrogen) atoms. The molecule has 0 spiro atoms. The number of carbonyl (C=O) groups is 1. The van der Waals surface area contributed by atoms with Gasteiger partial charge >= 0.3 is 0 Å². The lowest BCUT2D eigenvalue weighted by Gasteiger charge is -2.00. The molecule has 1 heterocycles. The zero-order chi connectivity index (χ0) is 8.27. The number of rotatable bonds is 2. The molecule has 0 aliphatic heterocycles. The molecule has 0 radical (unpaired) electrons. The molecule has 1 aromatic rings. The van der Waals surface area contributed by atoms with Gasteiger partial charge in [0.05, 0.1) is 0 Å². The highest BCUT2D eigenvalue weighted by Gasteiger charge is 2.04. The summed E-state index contributed by atoms with van der Waals surface area (Å²) in [6.45, 7) is 2.00. The van der Waals surface area contributed by atoms with Crippen molar-refractivity contribution in [2.45, 2.75) is 13.3 Å². The van der Waals surface area contributed by atoms with E-state index in [0.717, 1.165) is 12.0 Å². The van der Waals surface area contributed by atoms with Gasteiger partial charge in [0.15, 0.2) is 0 Å². The van der Waals surface area contributed by atoms with Gasteiger partial charge in [0, 0.05) is 18.0 Å². The number of hydrogen-bond acceptors (Lipinski definition) is 2. The fourth-order valence-corrected chi connectivity index (χ4v) is 1.13. The summed E-state index contributed by atoms with van der Waals surface area (Å²) < 4.78 is 0. The van der Waals surface area contributed by atoms with Crippen LogP contribution in [0.25, 0.3) is 0 Å². The van der Waals surface area contributed by atoms with Gasteiger partial charge in [-0.2, -0.15) is 0 Å². The second-order valence-electron chi connectivity index (χ2n) is 2.19. The average molecular weight is 204 g/mol. The summed E-state index contributed by atoms with van der Waals surface area (Å²) in [7, 11) is 0. The van der Waals surface area contributed by atoms with Gasteiger partial charge in [0.1, 0.15) is 0 Å². The molecule has 0 saturated carbocycles. The summed E-state index contributed by atoms with van der Waals surface area (Å²) in [4.78, 5) is 14.7. The van der Waals surface area contributed by atoms with Crippen LogP contribution >= 0.6 is 25.0 Å². The first-order valence-corrected chi connectivity index (χ1v) is 3.86. The Morgan fingerprint density at radius 2 is 2.33 bits per heavy atom. The second-order valence-corrected chi connectivity index (χ2v) is 2.60. The van der Waals surface area contributed by atoms with Gasteiger partial charge in [-0.3, -0.25) is 9.78 Å². The zero-order valence-electron chi connectivity index (χ0n) is 6.65. The van der Waals surface area contributed by atoms with Crippen molar-refractivity contribution in [1.29, 1.82) is 0 Å². The van der Waals surface area contributed by atoms with Crippen LogP contribution < -0.4 is 0 Å². The third-order valence-corrected chi connectivity index (χ3v) is 1.76. The maximum atomic E-state index is 10.8. The maximum Gasteiger partial charge on any atom is 0.218 e. The van der Waals surface area contributed by atoms with Gasteiger partial charge in [0.25, 0.3) is 0 Å². The van der Waals surface area contributed by atoms with Gasteiger partial charge in [-0.25, -0.2) is 0 Å². The molecule has 0 fully saturated rings. The first-order chi connectivity index (χ1) is 5.25. The average Bonchev–Trinajstić information content (AvgIpc) is 2.04. The van der Waals surface area contributed by atoms with Crippen molar-refractivity contribution >= 4 is 30.2 Å². The molecule has 0 atom stereocenters. The lowest BCUT2D eigenvalue weighted by molar-refractivity contribution is 0.109. The Balaban J connectivity index is 0.00000121. The van der Waals surface area contributed by atoms with Crippen LogP contribution in [0.3, 0.4) is 0 Å². The fourth-order valence-electron chi connectivity index (χ4n) is 0.924. The normalized spacial score (nSPS) is 8.83. The van der Waals surface area contributed by atoms with Crippen LogP contribution in [-0.4, -0.2) is 10.1 Å². The van der Waals surface area contributed by atoms with Crippen molar-refractivity contribution < 1.29 is 4.79 Å². The maximum absolute atomic E-state index is 10.8. The molecular weight excluding hydrogens is 194 g/mol. The van der Waals surface area contributed by atoms with Gasteiger partial charge in [-0.15, -0.1) is 25.0 Å². The van der Waals surface area contributed by atoms with Crippen LogP contribution in [0.15, 0.2) is 18.5 Å². The van der Waals surface area contributed by atoms with E-state index in [2.05, 4.69) is 17.6 Å². The Hall–Kier alpha value is -0.540. The summed E-state index contributed by atoms with van der Waals surface area (Å²) in [6, 6.07) is 1.84. The highest BCUT2D eigenvalue weighted by Crippen LogP contribution is 2.09. The standard InChI is InChI=1S/C8H9NOS.ClH/c1-2-6-3-4-9-5-7(6)8(10)11;/h3-5H,2H2,1H3,(H,10,11);1H. The van der Waals surface area contributed by atoms with Crippen LogP contribution in [-0.2, 0) is 6.42 Å². The SMILES string of the molecule is CCc1ccncc1C(=O)S.Cl. The number of carbonyl (C=O) groups excluding carboxylic acids is 1. The van der Waals surface area contributed by atoms with E-state index >= 15 is 0 Å². The summed E-state index contributed by atoms with van der Waals surface area (Å²) in [6.07, 6.45) is 4.07. The Labute approximate surface area is 83.2 Å². The lowest BCUT2D eigenvalue weighted by atomic mass is 10.1. The molecule has 0 saturated heterocycles. The van der Waals surface area contributed by atoms with E-state index in [-0.39, 0.29) is 17.5 Å². The van der Waals surface area contributed by atoms with E-state index < -0.39 is 0 Å². The Morgan fingerprint density at radius 1 is 1.67 bits per heavy atom. The van der Waals surface area contributed by atoms with Crippen molar-refractivity contribution in [2.24, 2.45) is 0 Å². The minimum atomic E-state index is -0.213. The molecule has 1 rings (SSSR count). The summed E-state index contributed by atoms with van der Waals surface area (Å²) in [5, 5.41) is -0.213. The van der Waals surface area contributed by atoms with Crippen LogP contribution in [0.5, 0.6) is 0 Å². The lowest BCUT2D eigenvalue weighted by Crippen LogP contribution is -1.96. The molecule has 0 aliphatic rings. The molecule has 0 aromatic carbocycles. The van der Waals surface area contributed by atoms with Crippen molar-refractivity contribution in [3.63, 3.8) is 0 Å². The largest absolute Gasteiger partial charge is 0.282 e. The summed E-state index contributed by atoms with van der Waals surface area (Å²) >= 11 is 3.73. The molecule has 66 valence electrons. The number of aromatic nitrogens is 1. The molecule has 1 aromatic heterocycles. The molecule has 0 amide bonds. The highest BCUT2D eigenvalue weighted by molar-refractivity contribution is 7.97. The Morgan fingerprint density at radius 3 is 2.75 bits per heavy atom. The quantitative estimate of drug-likeness (QED) is 0.747. The number of aryl methyl sites for hydroxylation is 1. The monoisotopic (exact) mass is 203 g/mol. The number of thiol groups is 1. The third-order valence-electron chi connectivity index (χ3n) is 1.52. The minimum Gasteiger partial charge on any atom is -0.282 e. The number of nitrogens with zero attached hydrogens (tertiary/aromatic N) is 1. The minimum absolute atomic E-state index is 0.